The lowest BCUT2D eigenvalue weighted by Gasteiger charge is -2.39. The lowest BCUT2D eigenvalue weighted by Crippen LogP contribution is -2.44. The van der Waals surface area contributed by atoms with Crippen LogP contribution in [0.25, 0.3) is 11.4 Å². The molecule has 0 aliphatic heterocycles. The van der Waals surface area contributed by atoms with Crippen LogP contribution in [0.15, 0.2) is 18.2 Å². The van der Waals surface area contributed by atoms with Gasteiger partial charge in [0.05, 0.1) is 5.69 Å². The first kappa shape index (κ1) is 24.3. The summed E-state index contributed by atoms with van der Waals surface area (Å²) in [6.07, 6.45) is 9.19. The molecule has 0 radical (unpaired) electrons. The summed E-state index contributed by atoms with van der Waals surface area (Å²) >= 11 is 6.86. The first-order valence-electron chi connectivity index (χ1n) is 12.3. The van der Waals surface area contributed by atoms with Crippen LogP contribution in [0.2, 0.25) is 5.15 Å². The molecule has 2 aromatic rings. The van der Waals surface area contributed by atoms with E-state index in [0.717, 1.165) is 44.2 Å². The van der Waals surface area contributed by atoms with Crippen LogP contribution in [-0.4, -0.2) is 26.5 Å². The van der Waals surface area contributed by atoms with Crippen molar-refractivity contribution in [3.8, 4) is 11.4 Å². The van der Waals surface area contributed by atoms with Crippen molar-refractivity contribution in [3.63, 3.8) is 0 Å². The molecular formula is C27H42ClN3. The molecule has 0 amide bonds. The first-order chi connectivity index (χ1) is 14.7. The van der Waals surface area contributed by atoms with E-state index in [1.165, 1.54) is 54.5 Å². The normalized spacial score (nSPS) is 15.7. The number of benzene rings is 1. The third-order valence-electron chi connectivity index (χ3n) is 6.96. The van der Waals surface area contributed by atoms with Crippen molar-refractivity contribution in [3.05, 3.63) is 40.2 Å². The van der Waals surface area contributed by atoms with Gasteiger partial charge in [0.2, 0.25) is 0 Å². The lowest BCUT2D eigenvalue weighted by molar-refractivity contribution is 0.0909. The molecule has 3 rings (SSSR count). The van der Waals surface area contributed by atoms with Gasteiger partial charge >= 0.3 is 0 Å². The second-order valence-corrected chi connectivity index (χ2v) is 10.9. The Balaban J connectivity index is 1.99. The largest absolute Gasteiger partial charge is 0.325 e. The van der Waals surface area contributed by atoms with E-state index < -0.39 is 0 Å². The maximum absolute atomic E-state index is 6.86. The van der Waals surface area contributed by atoms with Crippen LogP contribution in [0.4, 0.5) is 0 Å². The highest BCUT2D eigenvalue weighted by molar-refractivity contribution is 6.30. The fourth-order valence-electron chi connectivity index (χ4n) is 4.96. The van der Waals surface area contributed by atoms with Crippen molar-refractivity contribution in [2.24, 2.45) is 5.92 Å². The predicted octanol–water partition coefficient (Wildman–Crippen LogP) is 7.80. The first-order valence-corrected chi connectivity index (χ1v) is 12.7. The van der Waals surface area contributed by atoms with Crippen molar-refractivity contribution in [2.45, 2.75) is 105 Å². The Kier molecular flexibility index (Phi) is 8.26. The number of hydrogen-bond acceptors (Lipinski definition) is 2. The molecule has 1 fully saturated rings. The summed E-state index contributed by atoms with van der Waals surface area (Å²) in [5, 5.41) is 0.673. The minimum absolute atomic E-state index is 0.0966. The van der Waals surface area contributed by atoms with E-state index in [1.807, 2.05) is 0 Å². The average molecular weight is 444 g/mol. The van der Waals surface area contributed by atoms with Crippen molar-refractivity contribution >= 4 is 11.6 Å². The van der Waals surface area contributed by atoms with Crippen molar-refractivity contribution in [1.82, 2.24) is 14.5 Å². The second kappa shape index (κ2) is 10.5. The Morgan fingerprint density at radius 2 is 1.74 bits per heavy atom. The number of aromatic nitrogens is 2. The van der Waals surface area contributed by atoms with E-state index in [-0.39, 0.29) is 5.54 Å². The number of imidazole rings is 1. The molecule has 31 heavy (non-hydrogen) atoms. The molecule has 0 N–H and O–H groups in total. The topological polar surface area (TPSA) is 21.1 Å². The molecule has 0 atom stereocenters. The number of nitrogens with zero attached hydrogens (tertiary/aromatic N) is 3. The third-order valence-corrected chi connectivity index (χ3v) is 7.26. The molecule has 0 bridgehead atoms. The van der Waals surface area contributed by atoms with E-state index in [9.17, 15) is 0 Å². The molecule has 4 heteroatoms. The van der Waals surface area contributed by atoms with Crippen LogP contribution in [0.5, 0.6) is 0 Å². The highest BCUT2D eigenvalue weighted by atomic mass is 35.5. The van der Waals surface area contributed by atoms with Gasteiger partial charge in [0, 0.05) is 30.7 Å². The average Bonchev–Trinajstić information content (AvgIpc) is 3.01. The maximum Gasteiger partial charge on any atom is 0.152 e. The molecule has 172 valence electrons. The Bertz CT molecular complexity index is 836. The second-order valence-electron chi connectivity index (χ2n) is 10.5. The molecular weight excluding hydrogens is 402 g/mol. The van der Waals surface area contributed by atoms with Crippen LogP contribution >= 0.6 is 11.6 Å². The van der Waals surface area contributed by atoms with Gasteiger partial charge in [-0.25, -0.2) is 4.98 Å². The third kappa shape index (κ3) is 5.93. The standard InChI is InChI=1S/C27H42ClN3/c1-7-8-17-31-23(19-30(27(4,5)6)18-22-15-10-9-11-16-22)25(28)29-26(31)24-20(2)13-12-14-21(24)3/h12-14,22H,7-11,15-19H2,1-6H3. The van der Waals surface area contributed by atoms with Gasteiger partial charge in [0.15, 0.2) is 5.15 Å². The van der Waals surface area contributed by atoms with Crippen LogP contribution < -0.4 is 0 Å². The van der Waals surface area contributed by atoms with Gasteiger partial charge in [-0.1, -0.05) is 62.4 Å². The van der Waals surface area contributed by atoms with Crippen LogP contribution in [-0.2, 0) is 13.1 Å². The molecule has 1 aromatic carbocycles. The summed E-state index contributed by atoms with van der Waals surface area (Å²) < 4.78 is 2.42. The van der Waals surface area contributed by atoms with Gasteiger partial charge in [0.1, 0.15) is 5.82 Å². The minimum Gasteiger partial charge on any atom is -0.325 e. The van der Waals surface area contributed by atoms with Crippen LogP contribution in [0.3, 0.4) is 0 Å². The van der Waals surface area contributed by atoms with Gasteiger partial charge in [-0.05, 0) is 70.9 Å². The number of unbranched alkanes of at least 4 members (excludes halogenated alkanes) is 1. The maximum atomic E-state index is 6.86. The molecule has 1 aliphatic carbocycles. The Morgan fingerprint density at radius 3 is 2.32 bits per heavy atom. The van der Waals surface area contributed by atoms with Crippen molar-refractivity contribution in [2.75, 3.05) is 6.54 Å². The lowest BCUT2D eigenvalue weighted by atomic mass is 9.88. The van der Waals surface area contributed by atoms with Gasteiger partial charge in [-0.3, -0.25) is 4.90 Å². The summed E-state index contributed by atoms with van der Waals surface area (Å²) in [7, 11) is 0. The fourth-order valence-corrected chi connectivity index (χ4v) is 5.20. The number of aryl methyl sites for hydroxylation is 2. The van der Waals surface area contributed by atoms with Gasteiger partial charge in [0.25, 0.3) is 0 Å². The zero-order chi connectivity index (χ0) is 22.6. The number of halogens is 1. The van der Waals surface area contributed by atoms with E-state index in [1.54, 1.807) is 0 Å². The predicted molar refractivity (Wildman–Crippen MR) is 134 cm³/mol. The molecule has 1 heterocycles. The van der Waals surface area contributed by atoms with Gasteiger partial charge in [-0.15, -0.1) is 0 Å². The zero-order valence-corrected chi connectivity index (χ0v) is 21.4. The minimum atomic E-state index is 0.0966. The molecule has 1 saturated carbocycles. The van der Waals surface area contributed by atoms with Gasteiger partial charge in [-0.2, -0.15) is 0 Å². The molecule has 0 saturated heterocycles. The Morgan fingerprint density at radius 1 is 1.10 bits per heavy atom. The van der Waals surface area contributed by atoms with E-state index in [4.69, 9.17) is 16.6 Å². The monoisotopic (exact) mass is 443 g/mol. The summed E-state index contributed by atoms with van der Waals surface area (Å²) in [5.41, 5.74) is 5.04. The Hall–Kier alpha value is -1.32. The summed E-state index contributed by atoms with van der Waals surface area (Å²) in [6.45, 7) is 16.6. The number of hydrogen-bond donors (Lipinski definition) is 0. The highest BCUT2D eigenvalue weighted by Gasteiger charge is 2.29. The van der Waals surface area contributed by atoms with E-state index in [0.29, 0.717) is 5.15 Å². The highest BCUT2D eigenvalue weighted by Crippen LogP contribution is 2.34. The van der Waals surface area contributed by atoms with Crippen molar-refractivity contribution in [1.29, 1.82) is 0 Å². The molecule has 0 unspecified atom stereocenters. The fraction of sp³-hybridized carbons (Fsp3) is 0.667. The zero-order valence-electron chi connectivity index (χ0n) is 20.6. The summed E-state index contributed by atoms with van der Waals surface area (Å²) in [5.74, 6) is 1.84. The smallest absolute Gasteiger partial charge is 0.152 e. The molecule has 1 aliphatic rings. The quantitative estimate of drug-likeness (QED) is 0.414. The van der Waals surface area contributed by atoms with Gasteiger partial charge < -0.3 is 4.57 Å². The van der Waals surface area contributed by atoms with Crippen molar-refractivity contribution < 1.29 is 0 Å². The van der Waals surface area contributed by atoms with E-state index >= 15 is 0 Å². The SMILES string of the molecule is CCCCn1c(-c2c(C)cccc2C)nc(Cl)c1CN(CC1CCCCC1)C(C)(C)C. The summed E-state index contributed by atoms with van der Waals surface area (Å²) in [6, 6.07) is 6.49. The van der Waals surface area contributed by atoms with Crippen LogP contribution in [0, 0.1) is 19.8 Å². The Labute approximate surface area is 195 Å². The molecule has 0 spiro atoms. The molecule has 3 nitrogen and oxygen atoms in total. The van der Waals surface area contributed by atoms with Crippen LogP contribution in [0.1, 0.15) is 89.5 Å². The summed E-state index contributed by atoms with van der Waals surface area (Å²) in [4.78, 5) is 7.58. The molecule has 1 aromatic heterocycles. The number of rotatable bonds is 8. The van der Waals surface area contributed by atoms with E-state index in [2.05, 4.69) is 69.2 Å².